The number of nitrogens with zero attached hydrogens (tertiary/aromatic N) is 7. The molecule has 0 aliphatic rings. The summed E-state index contributed by atoms with van der Waals surface area (Å²) in [6.45, 7) is 1.76. The molecule has 1 aromatic carbocycles. The molecule has 148 valence electrons. The minimum atomic E-state index is -4.61. The van der Waals surface area contributed by atoms with Crippen LogP contribution in [0.15, 0.2) is 43.2 Å². The number of hydrogen-bond acceptors (Lipinski definition) is 7. The zero-order valence-corrected chi connectivity index (χ0v) is 15.5. The first kappa shape index (κ1) is 19.0. The topological polar surface area (TPSA) is 94.3 Å². The molecule has 0 saturated carbocycles. The molecule has 0 radical (unpaired) electrons. The first-order valence-corrected chi connectivity index (χ1v) is 8.67. The molecule has 29 heavy (non-hydrogen) atoms. The lowest BCUT2D eigenvalue weighted by Crippen LogP contribution is -2.16. The van der Waals surface area contributed by atoms with Crippen molar-refractivity contribution in [2.24, 2.45) is 0 Å². The average Bonchev–Trinajstić information content (AvgIpc) is 3.18. The van der Waals surface area contributed by atoms with E-state index < -0.39 is 17.8 Å². The summed E-state index contributed by atoms with van der Waals surface area (Å²) in [6.07, 6.45) is 0.909. The van der Waals surface area contributed by atoms with Crippen molar-refractivity contribution in [2.45, 2.75) is 19.1 Å². The molecule has 4 rings (SSSR count). The van der Waals surface area contributed by atoms with Gasteiger partial charge in [-0.1, -0.05) is 11.6 Å². The van der Waals surface area contributed by atoms with Crippen LogP contribution < -0.4 is 5.32 Å². The molecule has 0 aliphatic heterocycles. The first-order chi connectivity index (χ1) is 13.8. The van der Waals surface area contributed by atoms with E-state index >= 15 is 0 Å². The van der Waals surface area contributed by atoms with Crippen molar-refractivity contribution >= 4 is 28.3 Å². The Morgan fingerprint density at radius 2 is 1.79 bits per heavy atom. The highest BCUT2D eigenvalue weighted by Crippen LogP contribution is 2.37. The summed E-state index contributed by atoms with van der Waals surface area (Å²) in [7, 11) is 0. The lowest BCUT2D eigenvalue weighted by atomic mass is 10.1. The molecule has 8 nitrogen and oxygen atoms in total. The second kappa shape index (κ2) is 7.24. The lowest BCUT2D eigenvalue weighted by Gasteiger charge is -2.17. The Bertz CT molecular complexity index is 1160. The number of halogens is 4. The van der Waals surface area contributed by atoms with Gasteiger partial charge in [-0.2, -0.15) is 23.0 Å². The molecule has 0 aliphatic carbocycles. The van der Waals surface area contributed by atoms with Crippen LogP contribution in [0.25, 0.3) is 16.9 Å². The predicted octanol–water partition coefficient (Wildman–Crippen LogP) is 3.85. The van der Waals surface area contributed by atoms with E-state index in [-0.39, 0.29) is 21.7 Å². The number of nitrogens with one attached hydrogen (secondary N) is 1. The third kappa shape index (κ3) is 3.68. The number of aromatic nitrogens is 7. The predicted molar refractivity (Wildman–Crippen MR) is 98.5 cm³/mol. The summed E-state index contributed by atoms with van der Waals surface area (Å²) in [5, 5.41) is 7.22. The van der Waals surface area contributed by atoms with Crippen molar-refractivity contribution < 1.29 is 13.2 Å². The monoisotopic (exact) mass is 420 g/mol. The van der Waals surface area contributed by atoms with Crippen LogP contribution in [-0.4, -0.2) is 34.7 Å². The fourth-order valence-electron chi connectivity index (χ4n) is 2.83. The molecule has 0 amide bonds. The van der Waals surface area contributed by atoms with Crippen molar-refractivity contribution in [1.29, 1.82) is 0 Å². The molecular formula is C17H12ClF3N8. The third-order valence-corrected chi connectivity index (χ3v) is 4.28. The van der Waals surface area contributed by atoms with Gasteiger partial charge in [0.05, 0.1) is 17.1 Å². The highest BCUT2D eigenvalue weighted by molar-refractivity contribution is 6.31. The number of rotatable bonds is 4. The molecule has 1 unspecified atom stereocenters. The number of anilines is 1. The first-order valence-electron chi connectivity index (χ1n) is 8.30. The van der Waals surface area contributed by atoms with Crippen LogP contribution in [0, 0.1) is 0 Å². The van der Waals surface area contributed by atoms with Gasteiger partial charge in [-0.3, -0.25) is 0 Å². The summed E-state index contributed by atoms with van der Waals surface area (Å²) in [6, 6.07) is 3.39. The van der Waals surface area contributed by atoms with Crippen LogP contribution in [0.2, 0.25) is 5.02 Å². The standard InChI is InChI=1S/C17H12ClF3N8/c1-9(15-26-8-27-29(15)16-22-3-2-4-23-16)28-14-11-5-10(18)6-12(17(19,20)21)13(11)24-7-25-14/h2-9H,1H3,(H,24,25,28). The molecule has 4 aromatic rings. The summed E-state index contributed by atoms with van der Waals surface area (Å²) in [4.78, 5) is 20.3. The Morgan fingerprint density at radius 3 is 2.52 bits per heavy atom. The third-order valence-electron chi connectivity index (χ3n) is 4.07. The summed E-state index contributed by atoms with van der Waals surface area (Å²) < 4.78 is 41.6. The number of benzene rings is 1. The molecule has 3 heterocycles. The molecule has 0 fully saturated rings. The van der Waals surface area contributed by atoms with Gasteiger partial charge in [-0.15, -0.1) is 0 Å². The van der Waals surface area contributed by atoms with Crippen molar-refractivity contribution in [3.8, 4) is 5.95 Å². The van der Waals surface area contributed by atoms with Gasteiger partial charge in [-0.25, -0.2) is 24.9 Å². The second-order valence-electron chi connectivity index (χ2n) is 6.01. The van der Waals surface area contributed by atoms with Crippen molar-refractivity contribution in [2.75, 3.05) is 5.32 Å². The average molecular weight is 421 g/mol. The molecule has 1 N–H and O–H groups in total. The highest BCUT2D eigenvalue weighted by Gasteiger charge is 2.34. The van der Waals surface area contributed by atoms with Crippen LogP contribution in [0.5, 0.6) is 0 Å². The van der Waals surface area contributed by atoms with Crippen LogP contribution in [0.4, 0.5) is 19.0 Å². The van der Waals surface area contributed by atoms with Gasteiger partial charge >= 0.3 is 6.18 Å². The van der Waals surface area contributed by atoms with Crippen LogP contribution in [0.3, 0.4) is 0 Å². The zero-order chi connectivity index (χ0) is 20.6. The fraction of sp³-hybridized carbons (Fsp3) is 0.176. The van der Waals surface area contributed by atoms with E-state index in [1.165, 1.54) is 17.1 Å². The van der Waals surface area contributed by atoms with Gasteiger partial charge in [0.25, 0.3) is 5.95 Å². The highest BCUT2D eigenvalue weighted by atomic mass is 35.5. The number of hydrogen-bond donors (Lipinski definition) is 1. The number of alkyl halides is 3. The smallest absolute Gasteiger partial charge is 0.360 e. The fourth-order valence-corrected chi connectivity index (χ4v) is 3.05. The van der Waals surface area contributed by atoms with Gasteiger partial charge in [0.2, 0.25) is 0 Å². The Kier molecular flexibility index (Phi) is 4.74. The maximum Gasteiger partial charge on any atom is 0.418 e. The minimum Gasteiger partial charge on any atom is -0.360 e. The van der Waals surface area contributed by atoms with E-state index in [2.05, 4.69) is 35.3 Å². The quantitative estimate of drug-likeness (QED) is 0.536. The van der Waals surface area contributed by atoms with Gasteiger partial charge < -0.3 is 5.32 Å². The van der Waals surface area contributed by atoms with Gasteiger partial charge in [0.1, 0.15) is 18.5 Å². The molecule has 0 saturated heterocycles. The molecule has 1 atom stereocenters. The largest absolute Gasteiger partial charge is 0.418 e. The van der Waals surface area contributed by atoms with Crippen LogP contribution in [0.1, 0.15) is 24.4 Å². The van der Waals surface area contributed by atoms with Gasteiger partial charge in [-0.05, 0) is 25.1 Å². The van der Waals surface area contributed by atoms with Crippen molar-refractivity contribution in [1.82, 2.24) is 34.7 Å². The Morgan fingerprint density at radius 1 is 1.03 bits per heavy atom. The van der Waals surface area contributed by atoms with E-state index in [4.69, 9.17) is 11.6 Å². The normalized spacial score (nSPS) is 12.9. The Hall–Kier alpha value is -3.34. The van der Waals surface area contributed by atoms with Gasteiger partial charge in [0, 0.05) is 22.8 Å². The van der Waals surface area contributed by atoms with Crippen LogP contribution in [-0.2, 0) is 6.18 Å². The summed E-state index contributed by atoms with van der Waals surface area (Å²) in [5.74, 6) is 0.934. The number of fused-ring (bicyclic) bond motifs is 1. The molecule has 3 aromatic heterocycles. The second-order valence-corrected chi connectivity index (χ2v) is 6.45. The Balaban J connectivity index is 1.75. The SMILES string of the molecule is CC(Nc1ncnc2c(C(F)(F)F)cc(Cl)cc12)c1ncnn1-c1ncccn1. The molecule has 12 heteroatoms. The summed E-state index contributed by atoms with van der Waals surface area (Å²) >= 11 is 5.92. The van der Waals surface area contributed by atoms with Crippen molar-refractivity contribution in [3.05, 3.63) is 59.7 Å². The van der Waals surface area contributed by atoms with E-state index in [1.54, 1.807) is 25.4 Å². The maximum atomic E-state index is 13.4. The van der Waals surface area contributed by atoms with Gasteiger partial charge in [0.15, 0.2) is 5.82 Å². The van der Waals surface area contributed by atoms with E-state index in [1.807, 2.05) is 0 Å². The lowest BCUT2D eigenvalue weighted by molar-refractivity contribution is -0.136. The molecule has 0 bridgehead atoms. The van der Waals surface area contributed by atoms with E-state index in [0.29, 0.717) is 11.8 Å². The van der Waals surface area contributed by atoms with E-state index in [0.717, 1.165) is 12.4 Å². The van der Waals surface area contributed by atoms with Crippen LogP contribution >= 0.6 is 11.6 Å². The Labute approximate surface area is 166 Å². The zero-order valence-electron chi connectivity index (χ0n) is 14.8. The molecular weight excluding hydrogens is 409 g/mol. The van der Waals surface area contributed by atoms with Crippen molar-refractivity contribution in [3.63, 3.8) is 0 Å². The maximum absolute atomic E-state index is 13.4. The molecule has 0 spiro atoms. The minimum absolute atomic E-state index is 0.0730. The van der Waals surface area contributed by atoms with E-state index in [9.17, 15) is 13.2 Å². The summed E-state index contributed by atoms with van der Waals surface area (Å²) in [5.41, 5.74) is -1.18.